The van der Waals surface area contributed by atoms with E-state index in [-0.39, 0.29) is 0 Å². The number of halogens is 3. The molecule has 0 amide bonds. The number of hydrogen-bond donors (Lipinski definition) is 1. The van der Waals surface area contributed by atoms with Crippen LogP contribution in [0.25, 0.3) is 0 Å². The quantitative estimate of drug-likeness (QED) is 0.359. The van der Waals surface area contributed by atoms with E-state index in [0.717, 1.165) is 3.70 Å². The highest BCUT2D eigenvalue weighted by Gasteiger charge is 1.98. The topological polar surface area (TPSA) is 84.2 Å². The molecule has 0 saturated heterocycles. The van der Waals surface area contributed by atoms with Crippen LogP contribution in [0.15, 0.2) is 6.33 Å². The smallest absolute Gasteiger partial charge is 0.396 e. The third-order valence-electron chi connectivity index (χ3n) is 0.824. The minimum absolute atomic E-state index is 1.07. The molecule has 0 bridgehead atoms. The Morgan fingerprint density at radius 1 is 1.58 bits per heavy atom. The van der Waals surface area contributed by atoms with Crippen molar-refractivity contribution in [1.82, 2.24) is 9.55 Å². The monoisotopic (exact) mass is 510 g/mol. The van der Waals surface area contributed by atoms with E-state index in [0.29, 0.717) is 0 Å². The Kier molecular flexibility index (Phi) is 7.41. The van der Waals surface area contributed by atoms with Gasteiger partial charge in [0.1, 0.15) is 7.40 Å². The fourth-order valence-electron chi connectivity index (χ4n) is 0.387. The van der Waals surface area contributed by atoms with Crippen molar-refractivity contribution in [3.05, 3.63) is 13.7 Å². The summed E-state index contributed by atoms with van der Waals surface area (Å²) in [6.45, 7) is 0. The van der Waals surface area contributed by atoms with Crippen molar-refractivity contribution in [3.63, 3.8) is 0 Å². The predicted octanol–water partition coefficient (Wildman–Crippen LogP) is -4.30. The molecule has 0 aliphatic carbocycles. The van der Waals surface area contributed by atoms with E-state index < -0.39 is 21.1 Å². The van der Waals surface area contributed by atoms with E-state index in [1.54, 1.807) is 0 Å². The van der Waals surface area contributed by atoms with Crippen LogP contribution < -0.4 is 27.9 Å². The molecule has 1 aromatic rings. The second kappa shape index (κ2) is 6.69. The maximum Gasteiger partial charge on any atom is 0.503 e. The lowest BCUT2D eigenvalue weighted by Gasteiger charge is -1.87. The predicted molar refractivity (Wildman–Crippen MR) is 50.9 cm³/mol. The molecule has 0 aliphatic heterocycles. The van der Waals surface area contributed by atoms with Gasteiger partial charge in [-0.3, -0.25) is 0 Å². The average Bonchev–Trinajstić information content (AvgIpc) is 2.19. The Morgan fingerprint density at radius 2 is 2.00 bits per heavy atom. The number of hydrogen-bond acceptors (Lipinski definition) is 4. The van der Waals surface area contributed by atoms with Gasteiger partial charge in [-0.25, -0.2) is 4.98 Å². The van der Waals surface area contributed by atoms with Gasteiger partial charge in [0.25, 0.3) is 0 Å². The molecular formula is C4H5I3N2O3. The van der Waals surface area contributed by atoms with Crippen LogP contribution in [0.3, 0.4) is 0 Å². The van der Waals surface area contributed by atoms with Crippen LogP contribution in [0.2, 0.25) is 0 Å². The molecular weight excluding hydrogens is 505 g/mol. The molecule has 8 heteroatoms. The Morgan fingerprint density at radius 3 is 2.08 bits per heavy atom. The SMILES string of the molecule is Cn1cnc(I)c1I.[O-][I+2]([O-])O. The van der Waals surface area contributed by atoms with Crippen LogP contribution in [0.4, 0.5) is 0 Å². The van der Waals surface area contributed by atoms with E-state index in [1.165, 1.54) is 3.70 Å². The van der Waals surface area contributed by atoms with Crippen molar-refractivity contribution in [3.8, 4) is 0 Å². The molecule has 1 aromatic heterocycles. The summed E-state index contributed by atoms with van der Waals surface area (Å²) in [6, 6.07) is 0. The number of rotatable bonds is 0. The van der Waals surface area contributed by atoms with E-state index in [1.807, 2.05) is 17.9 Å². The summed E-state index contributed by atoms with van der Waals surface area (Å²) in [4.78, 5) is 4.06. The Labute approximate surface area is 106 Å². The van der Waals surface area contributed by atoms with Crippen LogP contribution >= 0.6 is 45.2 Å². The number of nitrogens with zero attached hydrogens (tertiary/aromatic N) is 2. The van der Waals surface area contributed by atoms with Crippen molar-refractivity contribution >= 4 is 45.2 Å². The van der Waals surface area contributed by atoms with Crippen molar-refractivity contribution in [1.29, 1.82) is 0 Å². The molecule has 0 unspecified atom stereocenters. The molecule has 1 heterocycles. The second-order valence-corrected chi connectivity index (χ2v) is 4.83. The first kappa shape index (κ1) is 13.3. The van der Waals surface area contributed by atoms with Gasteiger partial charge in [0, 0.05) is 7.05 Å². The van der Waals surface area contributed by atoms with E-state index >= 15 is 0 Å². The number of aryl methyl sites for hydroxylation is 1. The first-order chi connectivity index (χ1) is 5.45. The lowest BCUT2D eigenvalue weighted by molar-refractivity contribution is -1.63. The van der Waals surface area contributed by atoms with E-state index in [4.69, 9.17) is 10.3 Å². The largest absolute Gasteiger partial charge is 0.503 e. The molecule has 0 radical (unpaired) electrons. The molecule has 1 rings (SSSR count). The van der Waals surface area contributed by atoms with Crippen molar-refractivity contribution in [2.75, 3.05) is 0 Å². The van der Waals surface area contributed by atoms with Crippen LogP contribution in [0, 0.1) is 7.40 Å². The van der Waals surface area contributed by atoms with Gasteiger partial charge in [-0.15, -0.1) is 0 Å². The first-order valence-electron chi connectivity index (χ1n) is 2.52. The number of imidazole rings is 1. The lowest BCUT2D eigenvalue weighted by Crippen LogP contribution is -3.98. The highest BCUT2D eigenvalue weighted by molar-refractivity contribution is 14.1. The molecule has 0 aliphatic rings. The summed E-state index contributed by atoms with van der Waals surface area (Å²) in [5.74, 6) is 0. The van der Waals surface area contributed by atoms with Crippen molar-refractivity contribution in [2.45, 2.75) is 0 Å². The van der Waals surface area contributed by atoms with Gasteiger partial charge in [0.05, 0.1) is 6.33 Å². The van der Waals surface area contributed by atoms with Gasteiger partial charge in [0.2, 0.25) is 0 Å². The normalized spacial score (nSPS) is 9.58. The molecule has 0 aromatic carbocycles. The van der Waals surface area contributed by atoms with Crippen LogP contribution in [0.1, 0.15) is 0 Å². The molecule has 0 fully saturated rings. The highest BCUT2D eigenvalue weighted by atomic mass is 127. The standard InChI is InChI=1S/C4H4I2N2.HIO3/c1-8-2-7-3(5)4(8)6;2-1(3)4/h2H,1H3;2H. The average molecular weight is 510 g/mol. The Balaban J connectivity index is 0.000000261. The fraction of sp³-hybridized carbons (Fsp3) is 0.250. The van der Waals surface area contributed by atoms with Gasteiger partial charge < -0.3 is 11.4 Å². The van der Waals surface area contributed by atoms with E-state index in [2.05, 4.69) is 50.2 Å². The maximum absolute atomic E-state index is 8.68. The third-order valence-corrected chi connectivity index (χ3v) is 3.92. The highest BCUT2D eigenvalue weighted by Crippen LogP contribution is 2.10. The minimum atomic E-state index is -3.76. The molecule has 5 nitrogen and oxygen atoms in total. The van der Waals surface area contributed by atoms with Gasteiger partial charge in [-0.05, 0) is 48.6 Å². The molecule has 0 saturated carbocycles. The van der Waals surface area contributed by atoms with Crippen LogP contribution in [0.5, 0.6) is 0 Å². The third kappa shape index (κ3) is 5.85. The fourth-order valence-corrected chi connectivity index (χ4v) is 1.16. The summed E-state index contributed by atoms with van der Waals surface area (Å²) in [7, 11) is 1.98. The summed E-state index contributed by atoms with van der Waals surface area (Å²) in [5, 5.41) is 0. The maximum atomic E-state index is 8.68. The first-order valence-corrected chi connectivity index (χ1v) is 7.40. The Bertz CT molecular complexity index is 217. The number of aromatic nitrogens is 2. The van der Waals surface area contributed by atoms with Gasteiger partial charge in [-0.1, -0.05) is 0 Å². The molecule has 1 N–H and O–H groups in total. The van der Waals surface area contributed by atoms with E-state index in [9.17, 15) is 0 Å². The minimum Gasteiger partial charge on any atom is -0.396 e. The summed E-state index contributed by atoms with van der Waals surface area (Å²) in [6.07, 6.45) is 1.81. The van der Waals surface area contributed by atoms with Crippen LogP contribution in [-0.4, -0.2) is 13.0 Å². The summed E-state index contributed by atoms with van der Waals surface area (Å²) in [5.41, 5.74) is 0. The molecule has 0 spiro atoms. The summed E-state index contributed by atoms with van der Waals surface area (Å²) < 4.78 is 28.7. The molecule has 12 heavy (non-hydrogen) atoms. The van der Waals surface area contributed by atoms with Gasteiger partial charge >= 0.3 is 21.1 Å². The second-order valence-electron chi connectivity index (χ2n) is 1.64. The Hall–Kier alpha value is 1.28. The summed E-state index contributed by atoms with van der Waals surface area (Å²) >= 11 is 0.699. The lowest BCUT2D eigenvalue weighted by atomic mass is 10.9. The van der Waals surface area contributed by atoms with Crippen molar-refractivity contribution < 1.29 is 31.4 Å². The van der Waals surface area contributed by atoms with Gasteiger partial charge in [0.15, 0.2) is 0 Å². The zero-order valence-corrected chi connectivity index (χ0v) is 12.3. The zero-order valence-electron chi connectivity index (χ0n) is 5.87. The molecule has 70 valence electrons. The van der Waals surface area contributed by atoms with Crippen molar-refractivity contribution in [2.24, 2.45) is 7.05 Å². The van der Waals surface area contributed by atoms with Crippen LogP contribution in [-0.2, 0) is 7.05 Å². The zero-order chi connectivity index (χ0) is 9.72. The molecule has 0 atom stereocenters. The van der Waals surface area contributed by atoms with Gasteiger partial charge in [-0.2, -0.15) is 0 Å².